The number of carbonyl (C=O) groups is 2. The number of hydrogen-bond donors (Lipinski definition) is 1. The van der Waals surface area contributed by atoms with E-state index in [0.29, 0.717) is 11.1 Å². The number of halogens is 1. The summed E-state index contributed by atoms with van der Waals surface area (Å²) in [6.45, 7) is -0.590. The van der Waals surface area contributed by atoms with E-state index in [0.717, 1.165) is 6.07 Å². The van der Waals surface area contributed by atoms with Gasteiger partial charge in [-0.2, -0.15) is 5.26 Å². The monoisotopic (exact) mass is 382 g/mol. The minimum absolute atomic E-state index is 0.185. The van der Waals surface area contributed by atoms with Gasteiger partial charge in [-0.1, -0.05) is 23.7 Å². The summed E-state index contributed by atoms with van der Waals surface area (Å²) < 4.78 is 10.2. The molecule has 0 atom stereocenters. The van der Waals surface area contributed by atoms with E-state index in [4.69, 9.17) is 26.0 Å². The van der Waals surface area contributed by atoms with Crippen LogP contribution in [-0.4, -0.2) is 18.5 Å². The van der Waals surface area contributed by atoms with Crippen LogP contribution in [0.4, 0.5) is 5.69 Å². The third-order valence-electron chi connectivity index (χ3n) is 3.54. The third-order valence-corrected chi connectivity index (χ3v) is 3.86. The van der Waals surface area contributed by atoms with Gasteiger partial charge in [0.1, 0.15) is 11.7 Å². The molecule has 1 amide bonds. The fourth-order valence-corrected chi connectivity index (χ4v) is 2.51. The second kappa shape index (κ2) is 7.72. The molecule has 0 aliphatic carbocycles. The van der Waals surface area contributed by atoms with Crippen molar-refractivity contribution in [3.05, 3.63) is 75.1 Å². The Hall–Kier alpha value is -3.63. The normalized spacial score (nSPS) is 10.2. The molecule has 0 unspecified atom stereocenters. The van der Waals surface area contributed by atoms with Gasteiger partial charge in [-0.15, -0.1) is 0 Å². The van der Waals surface area contributed by atoms with Gasteiger partial charge in [0.15, 0.2) is 12.0 Å². The Balaban J connectivity index is 1.65. The Morgan fingerprint density at radius 2 is 1.96 bits per heavy atom. The molecule has 1 N–H and O–H groups in total. The molecule has 0 fully saturated rings. The first-order valence-electron chi connectivity index (χ1n) is 7.67. The first kappa shape index (κ1) is 18.2. The Bertz CT molecular complexity index is 1150. The van der Waals surface area contributed by atoms with Gasteiger partial charge in [0.25, 0.3) is 5.91 Å². The molecule has 0 saturated carbocycles. The average Bonchev–Trinajstić information content (AvgIpc) is 2.66. The van der Waals surface area contributed by atoms with Crippen LogP contribution in [0.15, 0.2) is 57.7 Å². The van der Waals surface area contributed by atoms with Gasteiger partial charge in [-0.05, 0) is 30.3 Å². The number of ether oxygens (including phenoxy) is 1. The summed E-state index contributed by atoms with van der Waals surface area (Å²) in [5, 5.41) is 11.8. The third kappa shape index (κ3) is 4.14. The van der Waals surface area contributed by atoms with Crippen molar-refractivity contribution < 1.29 is 18.7 Å². The first-order chi connectivity index (χ1) is 13.0. The summed E-state index contributed by atoms with van der Waals surface area (Å²) in [6.07, 6.45) is 0. The Morgan fingerprint density at radius 3 is 2.70 bits per heavy atom. The predicted octanol–water partition coefficient (Wildman–Crippen LogP) is 3.11. The van der Waals surface area contributed by atoms with Gasteiger partial charge in [-0.3, -0.25) is 9.59 Å². The van der Waals surface area contributed by atoms with Crippen LogP contribution in [-0.2, 0) is 9.53 Å². The van der Waals surface area contributed by atoms with Crippen LogP contribution in [0, 0.1) is 11.3 Å². The fourth-order valence-electron chi connectivity index (χ4n) is 2.29. The van der Waals surface area contributed by atoms with Crippen molar-refractivity contribution in [2.75, 3.05) is 11.9 Å². The predicted molar refractivity (Wildman–Crippen MR) is 97.6 cm³/mol. The molecule has 0 aliphatic heterocycles. The first-order valence-corrected chi connectivity index (χ1v) is 8.05. The Kier molecular flexibility index (Phi) is 5.20. The largest absolute Gasteiger partial charge is 0.450 e. The summed E-state index contributed by atoms with van der Waals surface area (Å²) in [7, 11) is 0. The highest BCUT2D eigenvalue weighted by Crippen LogP contribution is 2.20. The Morgan fingerprint density at radius 1 is 1.19 bits per heavy atom. The highest BCUT2D eigenvalue weighted by Gasteiger charge is 2.15. The summed E-state index contributed by atoms with van der Waals surface area (Å²) in [5.74, 6) is -1.86. The number of nitrogens with one attached hydrogen (secondary N) is 1. The number of para-hydroxylation sites is 1. The zero-order chi connectivity index (χ0) is 19.4. The van der Waals surface area contributed by atoms with Crippen LogP contribution < -0.4 is 10.7 Å². The number of carbonyl (C=O) groups excluding carboxylic acids is 2. The number of nitrogens with zero attached hydrogens (tertiary/aromatic N) is 1. The zero-order valence-corrected chi connectivity index (χ0v) is 14.4. The molecule has 3 rings (SSSR count). The molecular formula is C19H11ClN2O5. The van der Waals surface area contributed by atoms with Crippen molar-refractivity contribution >= 4 is 40.1 Å². The van der Waals surface area contributed by atoms with E-state index in [2.05, 4.69) is 5.32 Å². The van der Waals surface area contributed by atoms with Gasteiger partial charge in [0.05, 0.1) is 16.0 Å². The Labute approximate surface area is 157 Å². The van der Waals surface area contributed by atoms with Gasteiger partial charge >= 0.3 is 5.97 Å². The molecule has 1 aromatic heterocycles. The van der Waals surface area contributed by atoms with Crippen molar-refractivity contribution in [1.29, 1.82) is 5.26 Å². The van der Waals surface area contributed by atoms with Crippen molar-refractivity contribution in [2.45, 2.75) is 0 Å². The molecular weight excluding hydrogens is 372 g/mol. The average molecular weight is 383 g/mol. The quantitative estimate of drug-likeness (QED) is 0.694. The number of amides is 1. The van der Waals surface area contributed by atoms with Crippen LogP contribution in [0.25, 0.3) is 11.0 Å². The number of rotatable bonds is 4. The van der Waals surface area contributed by atoms with E-state index in [1.54, 1.807) is 24.3 Å². The molecule has 1 heterocycles. The maximum Gasteiger partial charge on any atom is 0.374 e. The van der Waals surface area contributed by atoms with E-state index in [1.165, 1.54) is 18.2 Å². The molecule has 0 aliphatic rings. The lowest BCUT2D eigenvalue weighted by atomic mass is 10.2. The van der Waals surface area contributed by atoms with E-state index in [1.807, 2.05) is 6.07 Å². The molecule has 134 valence electrons. The maximum absolute atomic E-state index is 12.0. The van der Waals surface area contributed by atoms with Crippen LogP contribution in [0.5, 0.6) is 0 Å². The molecule has 0 saturated heterocycles. The number of benzene rings is 2. The summed E-state index contributed by atoms with van der Waals surface area (Å²) >= 11 is 5.88. The number of fused-ring (bicyclic) bond motifs is 1. The molecule has 7 nitrogen and oxygen atoms in total. The van der Waals surface area contributed by atoms with Crippen molar-refractivity contribution in [2.24, 2.45) is 0 Å². The van der Waals surface area contributed by atoms with Gasteiger partial charge in [-0.25, -0.2) is 4.79 Å². The van der Waals surface area contributed by atoms with E-state index in [9.17, 15) is 14.4 Å². The van der Waals surface area contributed by atoms with Crippen LogP contribution in [0.2, 0.25) is 5.02 Å². The second-order valence-electron chi connectivity index (χ2n) is 5.40. The molecule has 3 aromatic rings. The molecule has 2 aromatic carbocycles. The lowest BCUT2D eigenvalue weighted by Gasteiger charge is -2.07. The molecule has 27 heavy (non-hydrogen) atoms. The minimum Gasteiger partial charge on any atom is -0.450 e. The van der Waals surface area contributed by atoms with Gasteiger partial charge < -0.3 is 14.5 Å². The SMILES string of the molecule is N#Cc1ccc(NC(=O)COC(=O)c2cc(=O)c3ccccc3o2)cc1Cl. The number of nitriles is 1. The number of anilines is 1. The fraction of sp³-hybridized carbons (Fsp3) is 0.0526. The van der Waals surface area contributed by atoms with E-state index in [-0.39, 0.29) is 27.4 Å². The molecule has 0 spiro atoms. The second-order valence-corrected chi connectivity index (χ2v) is 5.81. The van der Waals surface area contributed by atoms with Crippen molar-refractivity contribution in [3.63, 3.8) is 0 Å². The van der Waals surface area contributed by atoms with Crippen molar-refractivity contribution in [3.8, 4) is 6.07 Å². The van der Waals surface area contributed by atoms with E-state index >= 15 is 0 Å². The summed E-state index contributed by atoms with van der Waals surface area (Å²) in [5.41, 5.74) is 0.471. The molecule has 0 bridgehead atoms. The van der Waals surface area contributed by atoms with Gasteiger partial charge in [0.2, 0.25) is 5.76 Å². The van der Waals surface area contributed by atoms with Crippen LogP contribution in [0.1, 0.15) is 16.1 Å². The smallest absolute Gasteiger partial charge is 0.374 e. The highest BCUT2D eigenvalue weighted by molar-refractivity contribution is 6.32. The minimum atomic E-state index is -0.939. The molecule has 0 radical (unpaired) electrons. The highest BCUT2D eigenvalue weighted by atomic mass is 35.5. The zero-order valence-electron chi connectivity index (χ0n) is 13.7. The standard InChI is InChI=1S/C19H11ClN2O5/c20-14-7-12(6-5-11(14)9-21)22-18(24)10-26-19(25)17-8-15(23)13-3-1-2-4-16(13)27-17/h1-8H,10H2,(H,22,24). The van der Waals surface area contributed by atoms with Gasteiger partial charge in [0, 0.05) is 11.8 Å². The summed E-state index contributed by atoms with van der Waals surface area (Å²) in [4.78, 5) is 35.9. The van der Waals surface area contributed by atoms with E-state index < -0.39 is 18.5 Å². The maximum atomic E-state index is 12.0. The van der Waals surface area contributed by atoms with Crippen molar-refractivity contribution in [1.82, 2.24) is 0 Å². The number of esters is 1. The summed E-state index contributed by atoms with van der Waals surface area (Å²) in [6, 6.07) is 13.7. The molecule has 8 heteroatoms. The lowest BCUT2D eigenvalue weighted by molar-refractivity contribution is -0.119. The lowest BCUT2D eigenvalue weighted by Crippen LogP contribution is -2.21. The number of hydrogen-bond acceptors (Lipinski definition) is 6. The van der Waals surface area contributed by atoms with Crippen LogP contribution in [0.3, 0.4) is 0 Å². The topological polar surface area (TPSA) is 109 Å². The van der Waals surface area contributed by atoms with Crippen LogP contribution >= 0.6 is 11.6 Å².